The number of rotatable bonds is 6. The first-order chi connectivity index (χ1) is 13.8. The van der Waals surface area contributed by atoms with Gasteiger partial charge in [0.15, 0.2) is 6.61 Å². The largest absolute Gasteiger partial charge is 0.456 e. The van der Waals surface area contributed by atoms with Gasteiger partial charge in [-0.1, -0.05) is 24.3 Å². The first-order valence-corrected chi connectivity index (χ1v) is 11.4. The van der Waals surface area contributed by atoms with Crippen LogP contribution in [0.4, 0.5) is 0 Å². The number of ether oxygens (including phenoxy) is 1. The van der Waals surface area contributed by atoms with E-state index in [0.29, 0.717) is 16.9 Å². The maximum absolute atomic E-state index is 13.0. The van der Waals surface area contributed by atoms with Crippen molar-refractivity contribution in [1.82, 2.24) is 9.21 Å². The molecule has 1 fully saturated rings. The van der Waals surface area contributed by atoms with Gasteiger partial charge in [0.1, 0.15) is 0 Å². The second kappa shape index (κ2) is 9.09. The Morgan fingerprint density at radius 3 is 2.52 bits per heavy atom. The van der Waals surface area contributed by atoms with Gasteiger partial charge in [0.2, 0.25) is 10.0 Å². The van der Waals surface area contributed by atoms with Crippen LogP contribution in [0.25, 0.3) is 0 Å². The van der Waals surface area contributed by atoms with Gasteiger partial charge in [-0.05, 0) is 49.8 Å². The molecule has 1 amide bonds. The zero-order valence-electron chi connectivity index (χ0n) is 17.0. The molecule has 0 spiro atoms. The molecule has 2 aliphatic rings. The summed E-state index contributed by atoms with van der Waals surface area (Å²) in [6.45, 7) is 4.36. The number of nitrogens with zero attached hydrogens (tertiary/aromatic N) is 2. The number of esters is 1. The number of carbonyl (C=O) groups excluding carboxylic acids is 2. The standard InChI is InChI=1S/C21H28N2O5S/c1-16-7-8-17(2)19(13-16)29(26,27)23-11-9-22(10-12-23)20(24)15-28-21(25)14-18-5-3-4-6-18/h3,5,7-8,13,18H,4,6,9-12,14-15H2,1-2H3/t18-/m0/s1. The highest BCUT2D eigenvalue weighted by Crippen LogP contribution is 2.23. The SMILES string of the molecule is Cc1ccc(C)c(S(=O)(=O)N2CCN(C(=O)COC(=O)C[C@H]3C=CCC3)CC2)c1. The summed E-state index contributed by atoms with van der Waals surface area (Å²) in [4.78, 5) is 26.1. The van der Waals surface area contributed by atoms with Crippen LogP contribution < -0.4 is 0 Å². The minimum absolute atomic E-state index is 0.205. The van der Waals surface area contributed by atoms with Gasteiger partial charge < -0.3 is 9.64 Å². The molecule has 1 aromatic rings. The molecule has 1 aliphatic heterocycles. The second-order valence-corrected chi connectivity index (χ2v) is 9.59. The van der Waals surface area contributed by atoms with Crippen LogP contribution >= 0.6 is 0 Å². The Bertz CT molecular complexity index is 902. The average molecular weight is 421 g/mol. The lowest BCUT2D eigenvalue weighted by atomic mass is 10.1. The molecule has 0 unspecified atom stereocenters. The van der Waals surface area contributed by atoms with Crippen molar-refractivity contribution in [3.8, 4) is 0 Å². The monoisotopic (exact) mass is 420 g/mol. The van der Waals surface area contributed by atoms with Crippen LogP contribution in [0, 0.1) is 19.8 Å². The number of aryl methyl sites for hydroxylation is 2. The van der Waals surface area contributed by atoms with Crippen LogP contribution in [0.5, 0.6) is 0 Å². The van der Waals surface area contributed by atoms with Gasteiger partial charge >= 0.3 is 5.97 Å². The molecule has 7 nitrogen and oxygen atoms in total. The van der Waals surface area contributed by atoms with E-state index in [1.54, 1.807) is 24.0 Å². The van der Waals surface area contributed by atoms with Crippen molar-refractivity contribution < 1.29 is 22.7 Å². The highest BCUT2D eigenvalue weighted by molar-refractivity contribution is 7.89. The Morgan fingerprint density at radius 2 is 1.86 bits per heavy atom. The summed E-state index contributed by atoms with van der Waals surface area (Å²) in [6.07, 6.45) is 6.28. The summed E-state index contributed by atoms with van der Waals surface area (Å²) in [7, 11) is -3.60. The molecule has 0 bridgehead atoms. The Kier molecular flexibility index (Phi) is 6.74. The third-order valence-electron chi connectivity index (χ3n) is 5.45. The maximum Gasteiger partial charge on any atom is 0.306 e. The molecule has 0 radical (unpaired) electrons. The van der Waals surface area contributed by atoms with Crippen molar-refractivity contribution in [3.05, 3.63) is 41.5 Å². The number of piperazine rings is 1. The van der Waals surface area contributed by atoms with Gasteiger partial charge in [0.25, 0.3) is 5.91 Å². The molecule has 1 atom stereocenters. The topological polar surface area (TPSA) is 84.0 Å². The minimum Gasteiger partial charge on any atom is -0.456 e. The summed E-state index contributed by atoms with van der Waals surface area (Å²) < 4.78 is 32.5. The van der Waals surface area contributed by atoms with Crippen molar-refractivity contribution in [2.45, 2.75) is 38.0 Å². The van der Waals surface area contributed by atoms with Crippen LogP contribution in [-0.2, 0) is 24.3 Å². The number of sulfonamides is 1. The van der Waals surface area contributed by atoms with E-state index in [4.69, 9.17) is 4.74 Å². The van der Waals surface area contributed by atoms with Gasteiger partial charge in [-0.3, -0.25) is 9.59 Å². The molecule has 3 rings (SSSR count). The maximum atomic E-state index is 13.0. The smallest absolute Gasteiger partial charge is 0.306 e. The van der Waals surface area contributed by atoms with Crippen LogP contribution in [0.1, 0.15) is 30.4 Å². The zero-order chi connectivity index (χ0) is 21.0. The summed E-state index contributed by atoms with van der Waals surface area (Å²) in [5.74, 6) is -0.452. The van der Waals surface area contributed by atoms with Gasteiger partial charge in [-0.25, -0.2) is 8.42 Å². The fraction of sp³-hybridized carbons (Fsp3) is 0.524. The van der Waals surface area contributed by atoms with Crippen molar-refractivity contribution in [2.24, 2.45) is 5.92 Å². The average Bonchev–Trinajstić information content (AvgIpc) is 3.21. The summed E-state index contributed by atoms with van der Waals surface area (Å²) in [5, 5.41) is 0. The number of amides is 1. The lowest BCUT2D eigenvalue weighted by Crippen LogP contribution is -2.51. The Morgan fingerprint density at radius 1 is 1.14 bits per heavy atom. The molecule has 0 aromatic heterocycles. The molecule has 29 heavy (non-hydrogen) atoms. The summed E-state index contributed by atoms with van der Waals surface area (Å²) >= 11 is 0. The summed E-state index contributed by atoms with van der Waals surface area (Å²) in [5.41, 5.74) is 1.59. The molecular formula is C21H28N2O5S. The highest BCUT2D eigenvalue weighted by Gasteiger charge is 2.31. The van der Waals surface area contributed by atoms with E-state index in [1.165, 1.54) is 4.31 Å². The van der Waals surface area contributed by atoms with E-state index in [1.807, 2.05) is 19.1 Å². The molecular weight excluding hydrogens is 392 g/mol. The molecule has 0 N–H and O–H groups in total. The Balaban J connectivity index is 1.50. The van der Waals surface area contributed by atoms with Gasteiger partial charge in [-0.2, -0.15) is 4.31 Å². The second-order valence-electron chi connectivity index (χ2n) is 7.68. The van der Waals surface area contributed by atoms with E-state index in [0.717, 1.165) is 18.4 Å². The molecule has 1 saturated heterocycles. The molecule has 1 heterocycles. The number of carbonyl (C=O) groups is 2. The van der Waals surface area contributed by atoms with E-state index in [-0.39, 0.29) is 50.6 Å². The fourth-order valence-corrected chi connectivity index (χ4v) is 5.41. The van der Waals surface area contributed by atoms with Gasteiger partial charge in [-0.15, -0.1) is 0 Å². The third-order valence-corrected chi connectivity index (χ3v) is 7.49. The Hall–Kier alpha value is -2.19. The fourth-order valence-electron chi connectivity index (χ4n) is 3.67. The number of allylic oxidation sites excluding steroid dienone is 2. The molecule has 0 saturated carbocycles. The number of hydrogen-bond donors (Lipinski definition) is 0. The first-order valence-electron chi connectivity index (χ1n) is 9.95. The first kappa shape index (κ1) is 21.5. The van der Waals surface area contributed by atoms with Gasteiger partial charge in [0.05, 0.1) is 11.3 Å². The van der Waals surface area contributed by atoms with Crippen LogP contribution in [0.2, 0.25) is 0 Å². The van der Waals surface area contributed by atoms with E-state index >= 15 is 0 Å². The van der Waals surface area contributed by atoms with E-state index < -0.39 is 10.0 Å². The van der Waals surface area contributed by atoms with Crippen molar-refractivity contribution in [3.63, 3.8) is 0 Å². The molecule has 1 aromatic carbocycles. The lowest BCUT2D eigenvalue weighted by Gasteiger charge is -2.34. The Labute approximate surface area is 172 Å². The van der Waals surface area contributed by atoms with E-state index in [2.05, 4.69) is 6.08 Å². The lowest BCUT2D eigenvalue weighted by molar-refractivity contribution is -0.153. The normalized spacial score (nSPS) is 20.1. The summed E-state index contributed by atoms with van der Waals surface area (Å²) in [6, 6.07) is 5.37. The van der Waals surface area contributed by atoms with Gasteiger partial charge in [0, 0.05) is 26.2 Å². The van der Waals surface area contributed by atoms with Crippen LogP contribution in [0.15, 0.2) is 35.2 Å². The van der Waals surface area contributed by atoms with E-state index in [9.17, 15) is 18.0 Å². The van der Waals surface area contributed by atoms with Crippen LogP contribution in [-0.4, -0.2) is 62.3 Å². The quantitative estimate of drug-likeness (QED) is 0.519. The van der Waals surface area contributed by atoms with Crippen LogP contribution in [0.3, 0.4) is 0 Å². The molecule has 158 valence electrons. The predicted octanol–water partition coefficient (Wildman–Crippen LogP) is 2.04. The molecule has 8 heteroatoms. The van der Waals surface area contributed by atoms with Crippen molar-refractivity contribution in [2.75, 3.05) is 32.8 Å². The molecule has 1 aliphatic carbocycles. The van der Waals surface area contributed by atoms with Crippen molar-refractivity contribution in [1.29, 1.82) is 0 Å². The zero-order valence-corrected chi connectivity index (χ0v) is 17.8. The highest BCUT2D eigenvalue weighted by atomic mass is 32.2. The predicted molar refractivity (Wildman–Crippen MR) is 109 cm³/mol. The third kappa shape index (κ3) is 5.25. The number of hydrogen-bond acceptors (Lipinski definition) is 5. The van der Waals surface area contributed by atoms with Crippen molar-refractivity contribution >= 4 is 21.9 Å². The number of benzene rings is 1. The minimum atomic E-state index is -3.60.